The molecule has 130 valence electrons. The highest BCUT2D eigenvalue weighted by Gasteiger charge is 2.21. The Hall–Kier alpha value is -1.79. The summed E-state index contributed by atoms with van der Waals surface area (Å²) < 4.78 is 18.5. The minimum atomic E-state index is -0.389. The van der Waals surface area contributed by atoms with Gasteiger partial charge in [0.1, 0.15) is 29.3 Å². The molecule has 0 spiro atoms. The number of benzene rings is 2. The minimum absolute atomic E-state index is 0.314. The van der Waals surface area contributed by atoms with Crippen LogP contribution in [-0.2, 0) is 11.3 Å². The monoisotopic (exact) mass is 466 g/mol. The van der Waals surface area contributed by atoms with E-state index in [0.717, 1.165) is 14.5 Å². The zero-order valence-corrected chi connectivity index (χ0v) is 16.9. The van der Waals surface area contributed by atoms with Gasteiger partial charge in [-0.25, -0.2) is 4.79 Å². The molecule has 1 heterocycles. The van der Waals surface area contributed by atoms with E-state index in [2.05, 4.69) is 31.9 Å². The Morgan fingerprint density at radius 2 is 1.88 bits per heavy atom. The molecular formula is C19H16Br2O4. The Kier molecular flexibility index (Phi) is 5.49. The lowest BCUT2D eigenvalue weighted by Gasteiger charge is -2.09. The average Bonchev–Trinajstić information content (AvgIpc) is 2.89. The van der Waals surface area contributed by atoms with Gasteiger partial charge in [0.05, 0.1) is 11.1 Å². The van der Waals surface area contributed by atoms with Gasteiger partial charge in [-0.1, -0.05) is 28.1 Å². The number of ether oxygens (including phenoxy) is 2. The minimum Gasteiger partial charge on any atom is -0.488 e. The maximum Gasteiger partial charge on any atom is 0.342 e. The highest BCUT2D eigenvalue weighted by atomic mass is 79.9. The fraction of sp³-hybridized carbons (Fsp3) is 0.211. The molecule has 4 nitrogen and oxygen atoms in total. The summed E-state index contributed by atoms with van der Waals surface area (Å²) in [5, 5.41) is 0.685. The van der Waals surface area contributed by atoms with Gasteiger partial charge >= 0.3 is 5.97 Å². The molecular weight excluding hydrogens is 452 g/mol. The van der Waals surface area contributed by atoms with Gasteiger partial charge in [-0.2, -0.15) is 0 Å². The Morgan fingerprint density at radius 1 is 1.16 bits per heavy atom. The van der Waals surface area contributed by atoms with Crippen molar-refractivity contribution in [3.05, 3.63) is 62.2 Å². The van der Waals surface area contributed by atoms with Crippen LogP contribution in [0.4, 0.5) is 0 Å². The quantitative estimate of drug-likeness (QED) is 0.430. The van der Waals surface area contributed by atoms with Crippen LogP contribution in [0.15, 0.2) is 49.8 Å². The number of rotatable bonds is 5. The zero-order chi connectivity index (χ0) is 18.0. The van der Waals surface area contributed by atoms with Crippen molar-refractivity contribution >= 4 is 48.8 Å². The standard InChI is InChI=1S/C19H16Br2O4/c1-3-23-19(22)18-11(2)25-16-9-15(21)17(8-14(16)18)24-10-12-4-6-13(20)7-5-12/h4-9H,3,10H2,1-2H3. The van der Waals surface area contributed by atoms with E-state index in [9.17, 15) is 4.79 Å². The van der Waals surface area contributed by atoms with Crippen LogP contribution in [-0.4, -0.2) is 12.6 Å². The van der Waals surface area contributed by atoms with Crippen LogP contribution in [0, 0.1) is 6.92 Å². The fourth-order valence-electron chi connectivity index (χ4n) is 2.53. The highest BCUT2D eigenvalue weighted by Crippen LogP contribution is 2.35. The number of halogens is 2. The van der Waals surface area contributed by atoms with Crippen molar-refractivity contribution in [2.24, 2.45) is 0 Å². The Bertz CT molecular complexity index is 913. The number of aryl methyl sites for hydroxylation is 1. The van der Waals surface area contributed by atoms with Crippen LogP contribution in [0.25, 0.3) is 11.0 Å². The predicted molar refractivity (Wildman–Crippen MR) is 103 cm³/mol. The predicted octanol–water partition coefficient (Wildman–Crippen LogP) is 6.02. The SMILES string of the molecule is CCOC(=O)c1c(C)oc2cc(Br)c(OCc3ccc(Br)cc3)cc12. The molecule has 0 amide bonds. The third-order valence-electron chi connectivity index (χ3n) is 3.71. The van der Waals surface area contributed by atoms with Gasteiger partial charge in [0.2, 0.25) is 0 Å². The van der Waals surface area contributed by atoms with Crippen molar-refractivity contribution in [2.45, 2.75) is 20.5 Å². The topological polar surface area (TPSA) is 48.7 Å². The van der Waals surface area contributed by atoms with Gasteiger partial charge in [0.15, 0.2) is 0 Å². The summed E-state index contributed by atoms with van der Waals surface area (Å²) in [4.78, 5) is 12.2. The summed E-state index contributed by atoms with van der Waals surface area (Å²) in [6, 6.07) is 11.5. The summed E-state index contributed by atoms with van der Waals surface area (Å²) in [5.74, 6) is 0.784. The molecule has 2 aromatic carbocycles. The summed E-state index contributed by atoms with van der Waals surface area (Å²) in [6.45, 7) is 4.26. The largest absolute Gasteiger partial charge is 0.488 e. The van der Waals surface area contributed by atoms with E-state index in [1.54, 1.807) is 19.9 Å². The number of carbonyl (C=O) groups is 1. The van der Waals surface area contributed by atoms with Gasteiger partial charge in [-0.15, -0.1) is 0 Å². The Labute approximate surface area is 162 Å². The lowest BCUT2D eigenvalue weighted by atomic mass is 10.1. The molecule has 1 aromatic heterocycles. The molecule has 0 atom stereocenters. The molecule has 0 N–H and O–H groups in total. The summed E-state index contributed by atoms with van der Waals surface area (Å²) in [7, 11) is 0. The zero-order valence-electron chi connectivity index (χ0n) is 13.8. The molecule has 0 saturated carbocycles. The van der Waals surface area contributed by atoms with Crippen LogP contribution < -0.4 is 4.74 Å². The molecule has 0 unspecified atom stereocenters. The average molecular weight is 468 g/mol. The fourth-order valence-corrected chi connectivity index (χ4v) is 3.23. The van der Waals surface area contributed by atoms with E-state index in [1.807, 2.05) is 30.3 Å². The summed E-state index contributed by atoms with van der Waals surface area (Å²) in [5.41, 5.74) is 2.10. The van der Waals surface area contributed by atoms with Crippen LogP contribution in [0.2, 0.25) is 0 Å². The first-order valence-electron chi connectivity index (χ1n) is 7.76. The first kappa shape index (κ1) is 18.0. The number of furan rings is 1. The molecule has 0 fully saturated rings. The van der Waals surface area contributed by atoms with E-state index >= 15 is 0 Å². The molecule has 0 aliphatic rings. The number of fused-ring (bicyclic) bond motifs is 1. The Balaban J connectivity index is 1.92. The van der Waals surface area contributed by atoms with Crippen molar-refractivity contribution in [1.82, 2.24) is 0 Å². The first-order valence-corrected chi connectivity index (χ1v) is 9.35. The van der Waals surface area contributed by atoms with Gasteiger partial charge in [-0.3, -0.25) is 0 Å². The van der Waals surface area contributed by atoms with Gasteiger partial charge in [0, 0.05) is 9.86 Å². The molecule has 25 heavy (non-hydrogen) atoms. The van der Waals surface area contributed by atoms with Crippen LogP contribution in [0.3, 0.4) is 0 Å². The van der Waals surface area contributed by atoms with E-state index in [0.29, 0.717) is 41.3 Å². The second kappa shape index (κ2) is 7.62. The van der Waals surface area contributed by atoms with Crippen molar-refractivity contribution in [2.75, 3.05) is 6.61 Å². The lowest BCUT2D eigenvalue weighted by Crippen LogP contribution is -2.05. The van der Waals surface area contributed by atoms with Crippen molar-refractivity contribution < 1.29 is 18.7 Å². The number of carbonyl (C=O) groups excluding carboxylic acids is 1. The normalized spacial score (nSPS) is 10.9. The van der Waals surface area contributed by atoms with Crippen molar-refractivity contribution in [1.29, 1.82) is 0 Å². The van der Waals surface area contributed by atoms with Crippen LogP contribution in [0.5, 0.6) is 5.75 Å². The molecule has 0 radical (unpaired) electrons. The first-order chi connectivity index (χ1) is 12.0. The molecule has 0 aliphatic heterocycles. The van der Waals surface area contributed by atoms with E-state index in [-0.39, 0.29) is 5.97 Å². The molecule has 0 saturated heterocycles. The number of esters is 1. The number of hydrogen-bond acceptors (Lipinski definition) is 4. The lowest BCUT2D eigenvalue weighted by molar-refractivity contribution is 0.0526. The molecule has 0 aliphatic carbocycles. The molecule has 0 bridgehead atoms. The van der Waals surface area contributed by atoms with Crippen molar-refractivity contribution in [3.8, 4) is 5.75 Å². The maximum absolute atomic E-state index is 12.2. The van der Waals surface area contributed by atoms with E-state index in [1.165, 1.54) is 0 Å². The van der Waals surface area contributed by atoms with Gasteiger partial charge < -0.3 is 13.9 Å². The van der Waals surface area contributed by atoms with Crippen molar-refractivity contribution in [3.63, 3.8) is 0 Å². The van der Waals surface area contributed by atoms with Gasteiger partial charge in [-0.05, 0) is 59.6 Å². The molecule has 6 heteroatoms. The third-order valence-corrected chi connectivity index (χ3v) is 4.85. The third kappa shape index (κ3) is 3.90. The second-order valence-corrected chi connectivity index (χ2v) is 7.22. The van der Waals surface area contributed by atoms with E-state index in [4.69, 9.17) is 13.9 Å². The summed E-state index contributed by atoms with van der Waals surface area (Å²) >= 11 is 6.91. The van der Waals surface area contributed by atoms with E-state index < -0.39 is 0 Å². The van der Waals surface area contributed by atoms with Gasteiger partial charge in [0.25, 0.3) is 0 Å². The smallest absolute Gasteiger partial charge is 0.342 e. The highest BCUT2D eigenvalue weighted by molar-refractivity contribution is 9.10. The molecule has 3 rings (SSSR count). The van der Waals surface area contributed by atoms with Crippen LogP contribution >= 0.6 is 31.9 Å². The Morgan fingerprint density at radius 3 is 2.56 bits per heavy atom. The summed E-state index contributed by atoms with van der Waals surface area (Å²) in [6.07, 6.45) is 0. The second-order valence-electron chi connectivity index (χ2n) is 5.45. The number of hydrogen-bond donors (Lipinski definition) is 0. The van der Waals surface area contributed by atoms with Crippen LogP contribution in [0.1, 0.15) is 28.6 Å². The maximum atomic E-state index is 12.2. The molecule has 3 aromatic rings.